The van der Waals surface area contributed by atoms with Gasteiger partial charge in [-0.05, 0) is 62.0 Å². The molecule has 0 aliphatic rings. The number of benzene rings is 2. The van der Waals surface area contributed by atoms with Crippen LogP contribution in [0.15, 0.2) is 53.0 Å². The molecule has 0 saturated heterocycles. The average molecular weight is 443 g/mol. The SMILES string of the molecule is Cc1n[nH]c(C)c1Cc1ccc(NC(=S)NC(=O)c2cccc(Br)c2)cc1. The third-order valence-corrected chi connectivity index (χ3v) is 4.88. The molecule has 0 unspecified atom stereocenters. The van der Waals surface area contributed by atoms with Gasteiger partial charge in [0.05, 0.1) is 5.69 Å². The van der Waals surface area contributed by atoms with Gasteiger partial charge in [-0.1, -0.05) is 34.1 Å². The Morgan fingerprint density at radius 1 is 1.19 bits per heavy atom. The van der Waals surface area contributed by atoms with E-state index in [1.807, 2.05) is 44.2 Å². The molecule has 27 heavy (non-hydrogen) atoms. The Morgan fingerprint density at radius 3 is 2.56 bits per heavy atom. The van der Waals surface area contributed by atoms with Crippen molar-refractivity contribution in [1.82, 2.24) is 15.5 Å². The lowest BCUT2D eigenvalue weighted by Gasteiger charge is -2.10. The number of anilines is 1. The summed E-state index contributed by atoms with van der Waals surface area (Å²) >= 11 is 8.59. The molecule has 0 atom stereocenters. The molecule has 0 radical (unpaired) electrons. The number of hydrogen-bond donors (Lipinski definition) is 3. The van der Waals surface area contributed by atoms with Crippen LogP contribution >= 0.6 is 28.1 Å². The van der Waals surface area contributed by atoms with E-state index in [0.717, 1.165) is 28.0 Å². The van der Waals surface area contributed by atoms with Gasteiger partial charge in [0.25, 0.3) is 5.91 Å². The monoisotopic (exact) mass is 442 g/mol. The van der Waals surface area contributed by atoms with Gasteiger partial charge in [0, 0.05) is 33.4 Å². The summed E-state index contributed by atoms with van der Waals surface area (Å²) in [4.78, 5) is 12.2. The zero-order valence-electron chi connectivity index (χ0n) is 15.0. The van der Waals surface area contributed by atoms with Crippen LogP contribution in [0.25, 0.3) is 0 Å². The molecular weight excluding hydrogens is 424 g/mol. The van der Waals surface area contributed by atoms with E-state index in [0.29, 0.717) is 5.56 Å². The highest BCUT2D eigenvalue weighted by Crippen LogP contribution is 2.17. The van der Waals surface area contributed by atoms with E-state index in [1.54, 1.807) is 18.2 Å². The van der Waals surface area contributed by atoms with E-state index < -0.39 is 0 Å². The van der Waals surface area contributed by atoms with Crippen molar-refractivity contribution in [2.75, 3.05) is 5.32 Å². The molecule has 2 aromatic carbocycles. The maximum absolute atomic E-state index is 12.2. The third kappa shape index (κ3) is 5.02. The largest absolute Gasteiger partial charge is 0.332 e. The molecule has 0 saturated carbocycles. The number of halogens is 1. The molecule has 138 valence electrons. The quantitative estimate of drug-likeness (QED) is 0.519. The number of aryl methyl sites for hydroxylation is 2. The summed E-state index contributed by atoms with van der Waals surface area (Å²) in [5.74, 6) is -0.253. The van der Waals surface area contributed by atoms with Gasteiger partial charge in [0.1, 0.15) is 0 Å². The standard InChI is InChI=1S/C20H19BrN4OS/c1-12-18(13(2)25-24-12)10-14-6-8-17(9-7-14)22-20(27)23-19(26)15-4-3-5-16(21)11-15/h3-9,11H,10H2,1-2H3,(H,24,25)(H2,22,23,26,27). The molecule has 1 heterocycles. The number of nitrogens with zero attached hydrogens (tertiary/aromatic N) is 1. The Hall–Kier alpha value is -2.51. The molecule has 3 aromatic rings. The molecule has 0 spiro atoms. The zero-order chi connectivity index (χ0) is 19.4. The van der Waals surface area contributed by atoms with E-state index >= 15 is 0 Å². The average Bonchev–Trinajstić information content (AvgIpc) is 2.95. The number of aromatic amines is 1. The number of amides is 1. The van der Waals surface area contributed by atoms with Crippen molar-refractivity contribution < 1.29 is 4.79 Å². The smallest absolute Gasteiger partial charge is 0.257 e. The minimum atomic E-state index is -0.253. The van der Waals surface area contributed by atoms with Crippen LogP contribution in [0.4, 0.5) is 5.69 Å². The topological polar surface area (TPSA) is 69.8 Å². The Balaban J connectivity index is 1.59. The predicted molar refractivity (Wildman–Crippen MR) is 115 cm³/mol. The lowest BCUT2D eigenvalue weighted by Crippen LogP contribution is -2.34. The van der Waals surface area contributed by atoms with Crippen LogP contribution in [0, 0.1) is 13.8 Å². The normalized spacial score (nSPS) is 10.5. The molecular formula is C20H19BrN4OS. The van der Waals surface area contributed by atoms with Gasteiger partial charge in [0.15, 0.2) is 5.11 Å². The first kappa shape index (κ1) is 19.3. The van der Waals surface area contributed by atoms with E-state index in [1.165, 1.54) is 11.1 Å². The van der Waals surface area contributed by atoms with E-state index in [4.69, 9.17) is 12.2 Å². The second-order valence-corrected chi connectivity index (χ2v) is 7.53. The van der Waals surface area contributed by atoms with Crippen molar-refractivity contribution in [1.29, 1.82) is 0 Å². The molecule has 1 aromatic heterocycles. The molecule has 0 bridgehead atoms. The van der Waals surface area contributed by atoms with Gasteiger partial charge in [-0.15, -0.1) is 0 Å². The van der Waals surface area contributed by atoms with Crippen molar-refractivity contribution in [3.8, 4) is 0 Å². The fraction of sp³-hybridized carbons (Fsp3) is 0.150. The van der Waals surface area contributed by atoms with Crippen molar-refractivity contribution in [3.05, 3.63) is 81.1 Å². The van der Waals surface area contributed by atoms with Crippen molar-refractivity contribution >= 4 is 44.9 Å². The van der Waals surface area contributed by atoms with Crippen LogP contribution in [0.2, 0.25) is 0 Å². The van der Waals surface area contributed by atoms with Gasteiger partial charge in [0.2, 0.25) is 0 Å². The predicted octanol–water partition coefficient (Wildman–Crippen LogP) is 4.51. The minimum absolute atomic E-state index is 0.253. The van der Waals surface area contributed by atoms with E-state index in [-0.39, 0.29) is 11.0 Å². The number of carbonyl (C=O) groups is 1. The Kier molecular flexibility index (Phi) is 6.03. The molecule has 1 amide bonds. The van der Waals surface area contributed by atoms with Crippen molar-refractivity contribution in [2.45, 2.75) is 20.3 Å². The van der Waals surface area contributed by atoms with Crippen molar-refractivity contribution in [3.63, 3.8) is 0 Å². The number of hydrogen-bond acceptors (Lipinski definition) is 3. The second kappa shape index (κ2) is 8.45. The molecule has 0 fully saturated rings. The first-order valence-electron chi connectivity index (χ1n) is 8.39. The molecule has 7 heteroatoms. The Morgan fingerprint density at radius 2 is 1.93 bits per heavy atom. The van der Waals surface area contributed by atoms with Crippen LogP contribution in [-0.4, -0.2) is 21.2 Å². The summed E-state index contributed by atoms with van der Waals surface area (Å²) in [5, 5.41) is 13.2. The Bertz CT molecular complexity index is 962. The maximum Gasteiger partial charge on any atom is 0.257 e. The van der Waals surface area contributed by atoms with Gasteiger partial charge in [-0.25, -0.2) is 0 Å². The van der Waals surface area contributed by atoms with Gasteiger partial charge < -0.3 is 5.32 Å². The summed E-state index contributed by atoms with van der Waals surface area (Å²) in [7, 11) is 0. The highest BCUT2D eigenvalue weighted by atomic mass is 79.9. The summed E-state index contributed by atoms with van der Waals surface area (Å²) < 4.78 is 0.840. The number of carbonyl (C=O) groups excluding carboxylic acids is 1. The first-order chi connectivity index (χ1) is 12.9. The number of thiocarbonyl (C=S) groups is 1. The lowest BCUT2D eigenvalue weighted by atomic mass is 10.0. The van der Waals surface area contributed by atoms with Crippen LogP contribution in [0.5, 0.6) is 0 Å². The first-order valence-corrected chi connectivity index (χ1v) is 9.60. The van der Waals surface area contributed by atoms with Gasteiger partial charge in [-0.3, -0.25) is 15.2 Å². The van der Waals surface area contributed by atoms with E-state index in [2.05, 4.69) is 36.8 Å². The lowest BCUT2D eigenvalue weighted by molar-refractivity contribution is 0.0977. The van der Waals surface area contributed by atoms with Crippen LogP contribution in [0.3, 0.4) is 0 Å². The zero-order valence-corrected chi connectivity index (χ0v) is 17.4. The number of aromatic nitrogens is 2. The molecule has 3 rings (SSSR count). The fourth-order valence-corrected chi connectivity index (χ4v) is 3.32. The van der Waals surface area contributed by atoms with Crippen LogP contribution in [0.1, 0.15) is 32.9 Å². The summed E-state index contributed by atoms with van der Waals surface area (Å²) in [5.41, 5.74) is 5.86. The van der Waals surface area contributed by atoms with Gasteiger partial charge >= 0.3 is 0 Å². The number of rotatable bonds is 4. The highest BCUT2D eigenvalue weighted by Gasteiger charge is 2.09. The molecule has 0 aliphatic carbocycles. The summed E-state index contributed by atoms with van der Waals surface area (Å²) in [6, 6.07) is 15.1. The number of H-pyrrole nitrogens is 1. The minimum Gasteiger partial charge on any atom is -0.332 e. The van der Waals surface area contributed by atoms with Crippen LogP contribution < -0.4 is 10.6 Å². The van der Waals surface area contributed by atoms with Crippen molar-refractivity contribution in [2.24, 2.45) is 0 Å². The van der Waals surface area contributed by atoms with Gasteiger partial charge in [-0.2, -0.15) is 5.10 Å². The third-order valence-electron chi connectivity index (χ3n) is 4.19. The fourth-order valence-electron chi connectivity index (χ4n) is 2.71. The summed E-state index contributed by atoms with van der Waals surface area (Å²) in [6.07, 6.45) is 0.818. The number of nitrogens with one attached hydrogen (secondary N) is 3. The molecule has 3 N–H and O–H groups in total. The Labute approximate surface area is 171 Å². The van der Waals surface area contributed by atoms with Crippen LogP contribution in [-0.2, 0) is 6.42 Å². The van der Waals surface area contributed by atoms with E-state index in [9.17, 15) is 4.79 Å². The maximum atomic E-state index is 12.2. The highest BCUT2D eigenvalue weighted by molar-refractivity contribution is 9.10. The molecule has 0 aliphatic heterocycles. The summed E-state index contributed by atoms with van der Waals surface area (Å²) in [6.45, 7) is 4.03. The second-order valence-electron chi connectivity index (χ2n) is 6.20. The molecule has 5 nitrogen and oxygen atoms in total.